The van der Waals surface area contributed by atoms with Crippen molar-refractivity contribution in [2.45, 2.75) is 39.5 Å². The molecule has 0 saturated heterocycles. The van der Waals surface area contributed by atoms with Crippen LogP contribution in [0.2, 0.25) is 0 Å². The van der Waals surface area contributed by atoms with Gasteiger partial charge in [-0.25, -0.2) is 0 Å². The first-order valence-electron chi connectivity index (χ1n) is 9.05. The van der Waals surface area contributed by atoms with Crippen molar-refractivity contribution in [1.82, 2.24) is 0 Å². The van der Waals surface area contributed by atoms with Crippen LogP contribution in [0.25, 0.3) is 11.1 Å². The first-order chi connectivity index (χ1) is 12.8. The van der Waals surface area contributed by atoms with Crippen LogP contribution in [-0.4, -0.2) is 6.61 Å². The summed E-state index contributed by atoms with van der Waals surface area (Å²) in [6.07, 6.45) is 8.98. The zero-order valence-electron chi connectivity index (χ0n) is 15.9. The average molecular weight is 429 g/mol. The van der Waals surface area contributed by atoms with E-state index in [0.717, 1.165) is 6.61 Å². The summed E-state index contributed by atoms with van der Waals surface area (Å²) in [5, 5.41) is 0. The van der Waals surface area contributed by atoms with E-state index in [1.807, 2.05) is 23.2 Å². The molecule has 160 valence electrons. The van der Waals surface area contributed by atoms with Gasteiger partial charge in [0.05, 0.1) is 0 Å². The zero-order valence-corrected chi connectivity index (χ0v) is 16.8. The fraction of sp³-hybridized carbons (Fsp3) is 0.421. The van der Waals surface area contributed by atoms with E-state index in [2.05, 4.69) is 50.2 Å². The molecule has 9 heteroatoms. The third-order valence-corrected chi connectivity index (χ3v) is 3.91. The average Bonchev–Trinajstić information content (AvgIpc) is 2.60. The molecule has 28 heavy (non-hydrogen) atoms. The van der Waals surface area contributed by atoms with Crippen molar-refractivity contribution in [3.63, 3.8) is 0 Å². The van der Waals surface area contributed by atoms with Crippen molar-refractivity contribution in [2.24, 2.45) is 5.92 Å². The summed E-state index contributed by atoms with van der Waals surface area (Å²) in [6.45, 7) is 5.28. The van der Waals surface area contributed by atoms with Gasteiger partial charge >= 0.3 is 33.0 Å². The van der Waals surface area contributed by atoms with Gasteiger partial charge in [-0.05, 0) is 29.9 Å². The van der Waals surface area contributed by atoms with Gasteiger partial charge in [-0.15, -0.1) is 0 Å². The fourth-order valence-corrected chi connectivity index (χ4v) is 2.41. The van der Waals surface area contributed by atoms with E-state index in [9.17, 15) is 25.2 Å². The first kappa shape index (κ1) is 24.2. The predicted molar refractivity (Wildman–Crippen MR) is 100 cm³/mol. The second-order valence-electron chi connectivity index (χ2n) is 6.48. The van der Waals surface area contributed by atoms with Crippen molar-refractivity contribution in [1.29, 1.82) is 0 Å². The standard InChI is InChI=1S/C19H26NO.F6P/c1-3-5-9-17(4-2)16-21-20-14-12-19(13-15-20)18-10-7-6-8-11-18;1-7(2,3,4,5)6/h6-8,10-15,17H,3-5,9,16H2,1-2H3;/q+1;-1. The molecule has 1 aromatic heterocycles. The maximum atomic E-state index is 9.87. The number of aromatic nitrogens is 1. The molecule has 1 heterocycles. The first-order valence-corrected chi connectivity index (χ1v) is 11.1. The van der Waals surface area contributed by atoms with Gasteiger partial charge in [-0.3, -0.25) is 4.84 Å². The Balaban J connectivity index is 0.000000480. The van der Waals surface area contributed by atoms with Crippen LogP contribution >= 0.6 is 7.81 Å². The topological polar surface area (TPSA) is 13.1 Å². The third kappa shape index (κ3) is 13.4. The van der Waals surface area contributed by atoms with E-state index in [-0.39, 0.29) is 0 Å². The SMILES string of the molecule is CCCCC(CC)CO[n+]1ccc(-c2ccccc2)cc1.F[P-](F)(F)(F)(F)F. The molecule has 0 fully saturated rings. The van der Waals surface area contributed by atoms with Crippen LogP contribution in [0.1, 0.15) is 39.5 Å². The van der Waals surface area contributed by atoms with Gasteiger partial charge < -0.3 is 0 Å². The van der Waals surface area contributed by atoms with Crippen molar-refractivity contribution >= 4 is 7.81 Å². The van der Waals surface area contributed by atoms with Gasteiger partial charge in [0.15, 0.2) is 6.61 Å². The van der Waals surface area contributed by atoms with Crippen molar-refractivity contribution in [3.8, 4) is 11.1 Å². The number of hydrogen-bond donors (Lipinski definition) is 0. The van der Waals surface area contributed by atoms with Crippen LogP contribution in [0.3, 0.4) is 0 Å². The predicted octanol–water partition coefficient (Wildman–Crippen LogP) is 7.67. The Labute approximate surface area is 161 Å². The number of benzene rings is 1. The molecule has 0 aliphatic heterocycles. The normalized spacial score (nSPS) is 14.9. The number of nitrogens with zero attached hydrogens (tertiary/aromatic N) is 1. The molecule has 1 aromatic carbocycles. The molecule has 0 amide bonds. The van der Waals surface area contributed by atoms with Gasteiger partial charge in [0.2, 0.25) is 12.4 Å². The number of pyridine rings is 1. The van der Waals surface area contributed by atoms with Crippen LogP contribution in [-0.2, 0) is 0 Å². The molecule has 0 N–H and O–H groups in total. The van der Waals surface area contributed by atoms with Gasteiger partial charge in [0, 0.05) is 16.9 Å². The van der Waals surface area contributed by atoms with E-state index in [1.54, 1.807) is 0 Å². The van der Waals surface area contributed by atoms with Crippen LogP contribution in [0, 0.1) is 5.92 Å². The van der Waals surface area contributed by atoms with Gasteiger partial charge in [-0.2, -0.15) is 0 Å². The van der Waals surface area contributed by atoms with Crippen molar-refractivity contribution in [3.05, 3.63) is 54.9 Å². The second kappa shape index (κ2) is 9.12. The second-order valence-corrected chi connectivity index (χ2v) is 8.40. The molecule has 2 aromatic rings. The zero-order chi connectivity index (χ0) is 21.3. The van der Waals surface area contributed by atoms with Crippen LogP contribution in [0.4, 0.5) is 25.2 Å². The summed E-state index contributed by atoms with van der Waals surface area (Å²) in [5.74, 6) is 0.659. The van der Waals surface area contributed by atoms with E-state index >= 15 is 0 Å². The molecular formula is C19H26F6NOP. The van der Waals surface area contributed by atoms with Gasteiger partial charge in [-0.1, -0.05) is 57.0 Å². The molecular weight excluding hydrogens is 403 g/mol. The van der Waals surface area contributed by atoms with E-state index in [4.69, 9.17) is 4.84 Å². The molecule has 0 saturated carbocycles. The molecule has 0 radical (unpaired) electrons. The van der Waals surface area contributed by atoms with Crippen LogP contribution < -0.4 is 9.57 Å². The minimum absolute atomic E-state index is 0.659. The summed E-state index contributed by atoms with van der Waals surface area (Å²) in [5.41, 5.74) is 2.45. The Hall–Kier alpha value is -1.82. The number of hydrogen-bond acceptors (Lipinski definition) is 1. The maximum absolute atomic E-state index is 10.7. The number of rotatable bonds is 8. The van der Waals surface area contributed by atoms with Crippen molar-refractivity contribution in [2.75, 3.05) is 6.61 Å². The molecule has 0 bridgehead atoms. The minimum atomic E-state index is -10.7. The molecule has 0 aliphatic carbocycles. The Bertz CT molecular complexity index is 693. The fourth-order valence-electron chi connectivity index (χ4n) is 2.41. The Morgan fingerprint density at radius 2 is 1.36 bits per heavy atom. The summed E-state index contributed by atoms with van der Waals surface area (Å²) >= 11 is 0. The van der Waals surface area contributed by atoms with Gasteiger partial charge in [0.25, 0.3) is 0 Å². The monoisotopic (exact) mass is 429 g/mol. The van der Waals surface area contributed by atoms with E-state index in [0.29, 0.717) is 5.92 Å². The van der Waals surface area contributed by atoms with Crippen LogP contribution in [0.15, 0.2) is 54.9 Å². The molecule has 2 rings (SSSR count). The van der Waals surface area contributed by atoms with Gasteiger partial charge in [0.1, 0.15) is 0 Å². The molecule has 1 atom stereocenters. The molecule has 0 aliphatic rings. The van der Waals surface area contributed by atoms with Crippen molar-refractivity contribution < 1.29 is 34.7 Å². The third-order valence-electron chi connectivity index (χ3n) is 3.91. The summed E-state index contributed by atoms with van der Waals surface area (Å²) in [7, 11) is -10.7. The Morgan fingerprint density at radius 1 is 0.857 bits per heavy atom. The molecule has 2 nitrogen and oxygen atoms in total. The van der Waals surface area contributed by atoms with Crippen LogP contribution in [0.5, 0.6) is 0 Å². The van der Waals surface area contributed by atoms with E-state index in [1.165, 1.54) is 36.8 Å². The number of unbranched alkanes of at least 4 members (excludes halogenated alkanes) is 1. The Kier molecular flexibility index (Phi) is 7.89. The summed E-state index contributed by atoms with van der Waals surface area (Å²) in [4.78, 5) is 5.86. The number of halogens is 6. The quantitative estimate of drug-likeness (QED) is 0.238. The summed E-state index contributed by atoms with van der Waals surface area (Å²) < 4.78 is 61.0. The summed E-state index contributed by atoms with van der Waals surface area (Å²) in [6, 6.07) is 14.6. The molecule has 0 spiro atoms. The Morgan fingerprint density at radius 3 is 1.82 bits per heavy atom. The van der Waals surface area contributed by atoms with E-state index < -0.39 is 7.81 Å². The molecule has 1 unspecified atom stereocenters.